The van der Waals surface area contributed by atoms with Gasteiger partial charge in [0.25, 0.3) is 15.9 Å². The summed E-state index contributed by atoms with van der Waals surface area (Å²) in [6.07, 6.45) is 2.45. The van der Waals surface area contributed by atoms with Gasteiger partial charge in [-0.15, -0.1) is 0 Å². The second-order valence-electron chi connectivity index (χ2n) is 5.65. The fourth-order valence-electron chi connectivity index (χ4n) is 2.78. The third kappa shape index (κ3) is 2.38. The molecule has 1 aliphatic rings. The average molecular weight is 387 g/mol. The lowest BCUT2D eigenvalue weighted by Gasteiger charge is -2.28. The molecule has 3 aromatic rings. The Morgan fingerprint density at radius 2 is 1.96 bits per heavy atom. The molecule has 1 aromatic carbocycles. The number of nitrogens with two attached hydrogens (primary N) is 1. The minimum Gasteiger partial charge on any atom is -0.505 e. The number of aliphatic hydroxyl groups is 1. The summed E-state index contributed by atoms with van der Waals surface area (Å²) in [4.78, 5) is 24.5. The maximum Gasteiger partial charge on any atom is 0.291 e. The number of benzene rings is 1. The van der Waals surface area contributed by atoms with Crippen molar-refractivity contribution < 1.29 is 18.3 Å². The number of nitrogen functional groups attached to an aromatic ring is 1. The van der Waals surface area contributed by atoms with Crippen LogP contribution in [0.25, 0.3) is 16.9 Å². The van der Waals surface area contributed by atoms with Crippen molar-refractivity contribution in [1.29, 1.82) is 0 Å². The van der Waals surface area contributed by atoms with Crippen molar-refractivity contribution in [3.63, 3.8) is 0 Å². The number of anilines is 1. The summed E-state index contributed by atoms with van der Waals surface area (Å²) >= 11 is 0. The molecule has 0 saturated heterocycles. The van der Waals surface area contributed by atoms with E-state index in [4.69, 9.17) is 5.73 Å². The molecule has 0 bridgehead atoms. The van der Waals surface area contributed by atoms with Crippen LogP contribution in [-0.4, -0.2) is 50.4 Å². The van der Waals surface area contributed by atoms with Crippen molar-refractivity contribution >= 4 is 38.7 Å². The molecule has 138 valence electrons. The minimum absolute atomic E-state index is 0.0443. The molecule has 0 fully saturated rings. The molecule has 27 heavy (non-hydrogen) atoms. The van der Waals surface area contributed by atoms with Crippen LogP contribution >= 0.6 is 0 Å². The molecule has 4 N–H and O–H groups in total. The molecule has 2 aromatic heterocycles. The number of rotatable bonds is 2. The number of aromatic nitrogens is 4. The van der Waals surface area contributed by atoms with Crippen LogP contribution in [0.2, 0.25) is 0 Å². The number of nitrogens with one attached hydrogen (secondary N) is 1. The molecule has 12 heteroatoms. The van der Waals surface area contributed by atoms with Gasteiger partial charge in [-0.3, -0.25) is 14.5 Å². The van der Waals surface area contributed by atoms with E-state index in [0.29, 0.717) is 0 Å². The first-order valence-corrected chi connectivity index (χ1v) is 9.03. The van der Waals surface area contributed by atoms with Gasteiger partial charge < -0.3 is 10.8 Å². The van der Waals surface area contributed by atoms with Gasteiger partial charge in [-0.2, -0.15) is 0 Å². The Bertz CT molecular complexity index is 1230. The molecular formula is C15H13N7O4S. The SMILES string of the molecule is CN1C(C(=O)Nn2cnc3c(N)ncnc32)=C(O)c2ccccc2S1(=O)=O. The number of likely N-dealkylation sites (N-methyl/N-ethyl adjacent to an activating group) is 1. The first-order valence-electron chi connectivity index (χ1n) is 7.59. The highest BCUT2D eigenvalue weighted by Gasteiger charge is 2.37. The van der Waals surface area contributed by atoms with E-state index in [2.05, 4.69) is 20.4 Å². The molecule has 4 rings (SSSR count). The van der Waals surface area contributed by atoms with Crippen LogP contribution in [-0.2, 0) is 14.8 Å². The number of fused-ring (bicyclic) bond motifs is 2. The lowest BCUT2D eigenvalue weighted by atomic mass is 10.1. The summed E-state index contributed by atoms with van der Waals surface area (Å²) in [6.45, 7) is 0. The van der Waals surface area contributed by atoms with Gasteiger partial charge in [0.1, 0.15) is 12.7 Å². The molecular weight excluding hydrogens is 374 g/mol. The van der Waals surface area contributed by atoms with Gasteiger partial charge in [0, 0.05) is 12.6 Å². The molecule has 11 nitrogen and oxygen atoms in total. The number of hydrogen-bond donors (Lipinski definition) is 3. The van der Waals surface area contributed by atoms with Crippen molar-refractivity contribution in [3.05, 3.63) is 48.2 Å². The summed E-state index contributed by atoms with van der Waals surface area (Å²) in [5.74, 6) is -1.20. The van der Waals surface area contributed by atoms with Crippen LogP contribution < -0.4 is 11.2 Å². The number of nitrogens with zero attached hydrogens (tertiary/aromatic N) is 5. The van der Waals surface area contributed by atoms with Crippen molar-refractivity contribution in [2.45, 2.75) is 4.90 Å². The topological polar surface area (TPSA) is 156 Å². The Labute approximate surface area is 152 Å². The number of imidazole rings is 1. The normalized spacial score (nSPS) is 15.7. The maximum absolute atomic E-state index is 12.8. The first-order chi connectivity index (χ1) is 12.8. The van der Waals surface area contributed by atoms with Gasteiger partial charge in [-0.05, 0) is 12.1 Å². The highest BCUT2D eigenvalue weighted by molar-refractivity contribution is 7.89. The number of carbonyl (C=O) groups excluding carboxylic acids is 1. The molecule has 1 amide bonds. The molecule has 0 atom stereocenters. The second-order valence-corrected chi connectivity index (χ2v) is 7.59. The molecule has 0 unspecified atom stereocenters. The fraction of sp³-hybridized carbons (Fsp3) is 0.0667. The van der Waals surface area contributed by atoms with Gasteiger partial charge in [0.15, 0.2) is 28.4 Å². The van der Waals surface area contributed by atoms with Crippen molar-refractivity contribution in [3.8, 4) is 0 Å². The number of amides is 1. The van der Waals surface area contributed by atoms with Gasteiger partial charge in [-0.1, -0.05) is 12.1 Å². The Morgan fingerprint density at radius 1 is 1.22 bits per heavy atom. The summed E-state index contributed by atoms with van der Waals surface area (Å²) < 4.78 is 27.2. The van der Waals surface area contributed by atoms with Crippen molar-refractivity contribution in [1.82, 2.24) is 23.9 Å². The van der Waals surface area contributed by atoms with Crippen LogP contribution in [0.15, 0.2) is 47.5 Å². The van der Waals surface area contributed by atoms with E-state index in [1.54, 1.807) is 6.07 Å². The molecule has 0 radical (unpaired) electrons. The highest BCUT2D eigenvalue weighted by atomic mass is 32.2. The molecule has 1 aliphatic heterocycles. The summed E-state index contributed by atoms with van der Waals surface area (Å²) in [5.41, 5.74) is 8.24. The smallest absolute Gasteiger partial charge is 0.291 e. The van der Waals surface area contributed by atoms with E-state index in [-0.39, 0.29) is 27.4 Å². The number of sulfonamides is 1. The van der Waals surface area contributed by atoms with Crippen LogP contribution in [0.5, 0.6) is 0 Å². The summed E-state index contributed by atoms with van der Waals surface area (Å²) in [6, 6.07) is 5.87. The van der Waals surface area contributed by atoms with E-state index in [9.17, 15) is 18.3 Å². The van der Waals surface area contributed by atoms with Crippen molar-refractivity contribution in [2.75, 3.05) is 18.2 Å². The van der Waals surface area contributed by atoms with Gasteiger partial charge in [0.05, 0.1) is 4.90 Å². The van der Waals surface area contributed by atoms with Crippen LogP contribution in [0.4, 0.5) is 5.82 Å². The largest absolute Gasteiger partial charge is 0.505 e. The zero-order chi connectivity index (χ0) is 19.3. The van der Waals surface area contributed by atoms with E-state index in [1.807, 2.05) is 0 Å². The minimum atomic E-state index is -3.99. The van der Waals surface area contributed by atoms with E-state index < -0.39 is 27.4 Å². The standard InChI is InChI=1S/C15H13N7O4S/c1-21-11(12(23)8-4-2-3-5-9(8)27(21,25)26)15(24)20-22-7-19-10-13(16)17-6-18-14(10)22/h2-7,23H,1H3,(H,20,24)(H2,16,17,18). The third-order valence-corrected chi connectivity index (χ3v) is 5.93. The molecule has 0 spiro atoms. The van der Waals surface area contributed by atoms with E-state index in [1.165, 1.54) is 37.9 Å². The zero-order valence-electron chi connectivity index (χ0n) is 13.9. The van der Waals surface area contributed by atoms with Crippen LogP contribution in [0.3, 0.4) is 0 Å². The summed E-state index contributed by atoms with van der Waals surface area (Å²) in [7, 11) is -2.81. The van der Waals surface area contributed by atoms with Crippen LogP contribution in [0, 0.1) is 0 Å². The van der Waals surface area contributed by atoms with E-state index >= 15 is 0 Å². The highest BCUT2D eigenvalue weighted by Crippen LogP contribution is 2.34. The molecule has 3 heterocycles. The monoisotopic (exact) mass is 387 g/mol. The Kier molecular flexibility index (Phi) is 3.52. The number of hydrogen-bond acceptors (Lipinski definition) is 8. The Morgan fingerprint density at radius 3 is 2.74 bits per heavy atom. The maximum atomic E-state index is 12.8. The molecule has 0 aliphatic carbocycles. The predicted octanol–water partition coefficient (Wildman–Crippen LogP) is 0.0395. The van der Waals surface area contributed by atoms with Crippen molar-refractivity contribution in [2.24, 2.45) is 0 Å². The second kappa shape index (κ2) is 5.67. The lowest BCUT2D eigenvalue weighted by molar-refractivity contribution is -0.114. The number of carbonyl (C=O) groups is 1. The quantitative estimate of drug-likeness (QED) is 0.556. The lowest BCUT2D eigenvalue weighted by Crippen LogP contribution is -2.39. The van der Waals surface area contributed by atoms with Gasteiger partial charge in [0.2, 0.25) is 0 Å². The predicted molar refractivity (Wildman–Crippen MR) is 95.0 cm³/mol. The third-order valence-electron chi connectivity index (χ3n) is 4.12. The van der Waals surface area contributed by atoms with Crippen LogP contribution in [0.1, 0.15) is 5.56 Å². The molecule has 0 saturated carbocycles. The average Bonchev–Trinajstić information content (AvgIpc) is 3.05. The Balaban J connectivity index is 1.80. The Hall–Kier alpha value is -3.67. The fourth-order valence-corrected chi connectivity index (χ4v) is 4.18. The first kappa shape index (κ1) is 16.8. The zero-order valence-corrected chi connectivity index (χ0v) is 14.7. The number of aliphatic hydroxyl groups excluding tert-OH is 1. The van der Waals surface area contributed by atoms with E-state index in [0.717, 1.165) is 8.98 Å². The van der Waals surface area contributed by atoms with Gasteiger partial charge >= 0.3 is 0 Å². The van der Waals surface area contributed by atoms with Gasteiger partial charge in [-0.25, -0.2) is 28.0 Å². The summed E-state index contributed by atoms with van der Waals surface area (Å²) in [5, 5.41) is 10.5.